The van der Waals surface area contributed by atoms with Gasteiger partial charge in [-0.15, -0.1) is 0 Å². The highest BCUT2D eigenvalue weighted by atomic mass is 19.4. The van der Waals surface area contributed by atoms with Crippen LogP contribution in [0.25, 0.3) is 6.08 Å². The fraction of sp³-hybridized carbons (Fsp3) is 0.391. The number of fused-ring (bicyclic) bond motifs is 1. The Morgan fingerprint density at radius 1 is 1.07 bits per heavy atom. The van der Waals surface area contributed by atoms with Gasteiger partial charge in [0.1, 0.15) is 0 Å². The number of allylic oxidation sites excluding steroid dienone is 1. The Labute approximate surface area is 159 Å². The molecular formula is C23H26F3N. The lowest BCUT2D eigenvalue weighted by Gasteiger charge is -2.19. The fourth-order valence-electron chi connectivity index (χ4n) is 3.91. The first-order valence-electron chi connectivity index (χ1n) is 9.33. The zero-order valence-electron chi connectivity index (χ0n) is 16.2. The maximum absolute atomic E-state index is 13.7. The van der Waals surface area contributed by atoms with Crippen molar-refractivity contribution in [3.63, 3.8) is 0 Å². The number of nitrogens with one attached hydrogen (secondary N) is 1. The second-order valence-corrected chi connectivity index (χ2v) is 7.50. The van der Waals surface area contributed by atoms with Crippen LogP contribution in [0, 0.1) is 20.8 Å². The Morgan fingerprint density at radius 3 is 2.33 bits per heavy atom. The number of hydrogen-bond donors (Lipinski definition) is 1. The highest BCUT2D eigenvalue weighted by Gasteiger charge is 2.39. The van der Waals surface area contributed by atoms with Gasteiger partial charge in [-0.05, 0) is 79.6 Å². The average Bonchev–Trinajstić information content (AvgIpc) is 3.01. The molecule has 0 aromatic heterocycles. The summed E-state index contributed by atoms with van der Waals surface area (Å²) in [6.45, 7) is 5.67. The molecule has 1 aliphatic carbocycles. The van der Waals surface area contributed by atoms with Crippen LogP contribution in [-0.2, 0) is 6.42 Å². The molecule has 0 radical (unpaired) electrons. The highest BCUT2D eigenvalue weighted by molar-refractivity contribution is 5.55. The molecule has 1 nitrogen and oxygen atoms in total. The van der Waals surface area contributed by atoms with Crippen molar-refractivity contribution in [3.8, 4) is 0 Å². The molecule has 2 atom stereocenters. The number of rotatable bonds is 4. The largest absolute Gasteiger partial charge is 0.399 e. The molecule has 144 valence electrons. The lowest BCUT2D eigenvalue weighted by atomic mass is 9.91. The van der Waals surface area contributed by atoms with Gasteiger partial charge in [-0.2, -0.15) is 13.2 Å². The van der Waals surface area contributed by atoms with Crippen LogP contribution in [0.1, 0.15) is 57.3 Å². The minimum Gasteiger partial charge on any atom is -0.313 e. The van der Waals surface area contributed by atoms with E-state index in [1.54, 1.807) is 18.2 Å². The summed E-state index contributed by atoms with van der Waals surface area (Å²) in [6, 6.07) is 9.62. The SMILES string of the molecule is CNC1CCc2cc(/C=C/C(c3cc(C)c(C)c(C)c3)C(F)(F)F)ccc21. The second-order valence-electron chi connectivity index (χ2n) is 7.50. The lowest BCUT2D eigenvalue weighted by Crippen LogP contribution is -2.19. The van der Waals surface area contributed by atoms with Crippen LogP contribution in [0.4, 0.5) is 13.2 Å². The predicted molar refractivity (Wildman–Crippen MR) is 105 cm³/mol. The monoisotopic (exact) mass is 373 g/mol. The van der Waals surface area contributed by atoms with Gasteiger partial charge in [0.05, 0.1) is 5.92 Å². The van der Waals surface area contributed by atoms with E-state index in [0.717, 1.165) is 35.1 Å². The second kappa shape index (κ2) is 7.51. The van der Waals surface area contributed by atoms with Crippen molar-refractivity contribution in [1.82, 2.24) is 5.32 Å². The van der Waals surface area contributed by atoms with Gasteiger partial charge in [-0.1, -0.05) is 42.5 Å². The molecule has 0 saturated heterocycles. The van der Waals surface area contributed by atoms with E-state index in [9.17, 15) is 13.2 Å². The van der Waals surface area contributed by atoms with Crippen LogP contribution in [-0.4, -0.2) is 13.2 Å². The summed E-state index contributed by atoms with van der Waals surface area (Å²) >= 11 is 0. The number of hydrogen-bond acceptors (Lipinski definition) is 1. The van der Waals surface area contributed by atoms with Crippen LogP contribution >= 0.6 is 0 Å². The first kappa shape index (κ1) is 19.7. The van der Waals surface area contributed by atoms with E-state index in [1.807, 2.05) is 46.0 Å². The van der Waals surface area contributed by atoms with Gasteiger partial charge in [0, 0.05) is 6.04 Å². The maximum atomic E-state index is 13.7. The summed E-state index contributed by atoms with van der Waals surface area (Å²) in [7, 11) is 1.94. The summed E-state index contributed by atoms with van der Waals surface area (Å²) in [5.41, 5.74) is 6.43. The first-order valence-corrected chi connectivity index (χ1v) is 9.33. The van der Waals surface area contributed by atoms with Gasteiger partial charge in [0.25, 0.3) is 0 Å². The molecule has 0 saturated carbocycles. The van der Waals surface area contributed by atoms with Crippen molar-refractivity contribution in [2.75, 3.05) is 7.05 Å². The molecule has 27 heavy (non-hydrogen) atoms. The van der Waals surface area contributed by atoms with E-state index in [2.05, 4.69) is 5.32 Å². The molecule has 3 rings (SSSR count). The molecule has 0 amide bonds. The Morgan fingerprint density at radius 2 is 1.74 bits per heavy atom. The van der Waals surface area contributed by atoms with Crippen molar-refractivity contribution < 1.29 is 13.2 Å². The lowest BCUT2D eigenvalue weighted by molar-refractivity contribution is -0.139. The molecule has 2 unspecified atom stereocenters. The number of benzene rings is 2. The Hall–Kier alpha value is -2.07. The van der Waals surface area contributed by atoms with E-state index < -0.39 is 12.1 Å². The third kappa shape index (κ3) is 4.11. The predicted octanol–water partition coefficient (Wildman–Crippen LogP) is 6.18. The van der Waals surface area contributed by atoms with E-state index in [0.29, 0.717) is 11.6 Å². The van der Waals surface area contributed by atoms with Gasteiger partial charge < -0.3 is 5.32 Å². The molecule has 0 aliphatic heterocycles. The van der Waals surface area contributed by atoms with E-state index >= 15 is 0 Å². The Bertz CT molecular complexity index is 841. The molecule has 0 heterocycles. The zero-order chi connectivity index (χ0) is 19.8. The van der Waals surface area contributed by atoms with E-state index in [1.165, 1.54) is 17.2 Å². The van der Waals surface area contributed by atoms with Crippen molar-refractivity contribution in [2.45, 2.75) is 51.7 Å². The Balaban J connectivity index is 1.92. The third-order valence-electron chi connectivity index (χ3n) is 5.74. The molecule has 1 N–H and O–H groups in total. The highest BCUT2D eigenvalue weighted by Crippen LogP contribution is 2.38. The van der Waals surface area contributed by atoms with E-state index in [-0.39, 0.29) is 0 Å². The van der Waals surface area contributed by atoms with Gasteiger partial charge in [0.15, 0.2) is 0 Å². The molecular weight excluding hydrogens is 347 g/mol. The third-order valence-corrected chi connectivity index (χ3v) is 5.74. The van der Waals surface area contributed by atoms with Gasteiger partial charge in [-0.3, -0.25) is 0 Å². The van der Waals surface area contributed by atoms with Crippen LogP contribution in [0.5, 0.6) is 0 Å². The summed E-state index contributed by atoms with van der Waals surface area (Å²) in [4.78, 5) is 0. The molecule has 2 aromatic rings. The summed E-state index contributed by atoms with van der Waals surface area (Å²) in [5.74, 6) is -1.60. The normalized spacial score (nSPS) is 18.1. The maximum Gasteiger partial charge on any atom is 0.399 e. The summed E-state index contributed by atoms with van der Waals surface area (Å²) in [6.07, 6.45) is 0.567. The van der Waals surface area contributed by atoms with Crippen LogP contribution in [0.3, 0.4) is 0 Å². The molecule has 1 aliphatic rings. The molecule has 0 fully saturated rings. The Kier molecular flexibility index (Phi) is 5.48. The number of alkyl halides is 3. The van der Waals surface area contributed by atoms with Crippen molar-refractivity contribution in [3.05, 3.63) is 75.4 Å². The standard InChI is InChI=1S/C23H26F3N/c1-14-11-19(12-15(2)16(14)3)21(23(24,25)26)9-6-17-5-8-20-18(13-17)7-10-22(20)27-4/h5-6,8-9,11-13,21-22,27H,7,10H2,1-4H3/b9-6+. The van der Waals surface area contributed by atoms with Crippen molar-refractivity contribution >= 4 is 6.08 Å². The van der Waals surface area contributed by atoms with Crippen molar-refractivity contribution in [1.29, 1.82) is 0 Å². The smallest absolute Gasteiger partial charge is 0.313 e. The summed E-state index contributed by atoms with van der Waals surface area (Å²) in [5, 5.41) is 3.28. The van der Waals surface area contributed by atoms with Gasteiger partial charge >= 0.3 is 6.18 Å². The van der Waals surface area contributed by atoms with Gasteiger partial charge in [-0.25, -0.2) is 0 Å². The quantitative estimate of drug-likeness (QED) is 0.675. The number of halogens is 3. The van der Waals surface area contributed by atoms with Gasteiger partial charge in [0.2, 0.25) is 0 Å². The minimum absolute atomic E-state index is 0.302. The van der Waals surface area contributed by atoms with Crippen molar-refractivity contribution in [2.24, 2.45) is 0 Å². The van der Waals surface area contributed by atoms with E-state index in [4.69, 9.17) is 0 Å². The molecule has 0 spiro atoms. The molecule has 0 bridgehead atoms. The first-order chi connectivity index (χ1) is 12.7. The number of aryl methyl sites for hydroxylation is 3. The minimum atomic E-state index is -4.32. The van der Waals surface area contributed by atoms with Crippen LogP contribution in [0.15, 0.2) is 36.4 Å². The van der Waals surface area contributed by atoms with Crippen LogP contribution in [0.2, 0.25) is 0 Å². The topological polar surface area (TPSA) is 12.0 Å². The molecule has 2 aromatic carbocycles. The zero-order valence-corrected chi connectivity index (χ0v) is 16.2. The molecule has 4 heteroatoms. The average molecular weight is 373 g/mol. The fourth-order valence-corrected chi connectivity index (χ4v) is 3.91. The van der Waals surface area contributed by atoms with Crippen LogP contribution < -0.4 is 5.32 Å². The summed E-state index contributed by atoms with van der Waals surface area (Å²) < 4.78 is 41.2.